The van der Waals surface area contributed by atoms with E-state index in [1.165, 1.54) is 0 Å². The molecular weight excluding hydrogens is 448 g/mol. The van der Waals surface area contributed by atoms with Crippen molar-refractivity contribution in [3.05, 3.63) is 30.4 Å². The van der Waals surface area contributed by atoms with Crippen LogP contribution in [0.5, 0.6) is 0 Å². The zero-order chi connectivity index (χ0) is 24.9. The summed E-state index contributed by atoms with van der Waals surface area (Å²) in [6.45, 7) is 7.19. The van der Waals surface area contributed by atoms with Crippen LogP contribution in [-0.2, 0) is 9.53 Å². The molecule has 2 aromatic rings. The van der Waals surface area contributed by atoms with Crippen LogP contribution in [0, 0.1) is 0 Å². The first-order valence-electron chi connectivity index (χ1n) is 12.3. The van der Waals surface area contributed by atoms with Gasteiger partial charge in [0.15, 0.2) is 11.5 Å². The third-order valence-electron chi connectivity index (χ3n) is 6.47. The van der Waals surface area contributed by atoms with E-state index in [1.54, 1.807) is 22.2 Å². The number of carbonyl (C=O) groups is 2. The number of anilines is 1. The second kappa shape index (κ2) is 11.0. The molecule has 0 aromatic carbocycles. The van der Waals surface area contributed by atoms with Gasteiger partial charge in [-0.25, -0.2) is 19.3 Å². The summed E-state index contributed by atoms with van der Waals surface area (Å²) in [6.07, 6.45) is 8.52. The molecular formula is C24H36N8O3. The number of nitrogens with zero attached hydrogens (tertiary/aromatic N) is 7. The standard InChI is InChI=1S/C24H36N8O3/c1-17(2)20-14-25-23-22(26-16-27-32(20)23)28-18-7-11-30(12-8-18)24(34)35-19-9-13-31(15-19)21(33)6-5-10-29(3)4/h5-6,14,16-19H,7-13,15H2,1-4H3,(H,26,27,28). The maximum Gasteiger partial charge on any atom is 0.410 e. The summed E-state index contributed by atoms with van der Waals surface area (Å²) >= 11 is 0. The molecule has 2 amide bonds. The van der Waals surface area contributed by atoms with Gasteiger partial charge in [-0.2, -0.15) is 5.10 Å². The first kappa shape index (κ1) is 24.9. The molecule has 190 valence electrons. The highest BCUT2D eigenvalue weighted by Gasteiger charge is 2.31. The van der Waals surface area contributed by atoms with Gasteiger partial charge in [-0.15, -0.1) is 0 Å². The Morgan fingerprint density at radius 3 is 2.63 bits per heavy atom. The minimum atomic E-state index is -0.301. The van der Waals surface area contributed by atoms with Gasteiger partial charge in [0.25, 0.3) is 0 Å². The largest absolute Gasteiger partial charge is 0.444 e. The Kier molecular flexibility index (Phi) is 7.84. The Balaban J connectivity index is 1.24. The van der Waals surface area contributed by atoms with Crippen molar-refractivity contribution >= 4 is 23.5 Å². The molecule has 2 saturated heterocycles. The first-order chi connectivity index (χ1) is 16.8. The van der Waals surface area contributed by atoms with Crippen molar-refractivity contribution in [1.82, 2.24) is 34.3 Å². The van der Waals surface area contributed by atoms with Gasteiger partial charge in [0.05, 0.1) is 18.4 Å². The van der Waals surface area contributed by atoms with E-state index in [9.17, 15) is 9.59 Å². The predicted octanol–water partition coefficient (Wildman–Crippen LogP) is 1.98. The van der Waals surface area contributed by atoms with Gasteiger partial charge < -0.3 is 24.8 Å². The number of likely N-dealkylation sites (N-methyl/N-ethyl adjacent to an activating group) is 1. The minimum Gasteiger partial charge on any atom is -0.444 e. The molecule has 0 bridgehead atoms. The average molecular weight is 485 g/mol. The molecule has 35 heavy (non-hydrogen) atoms. The number of piperidine rings is 1. The third-order valence-corrected chi connectivity index (χ3v) is 6.47. The number of likely N-dealkylation sites (tertiary alicyclic amines) is 2. The normalized spacial score (nSPS) is 19.4. The second-order valence-electron chi connectivity index (χ2n) is 9.83. The van der Waals surface area contributed by atoms with Gasteiger partial charge in [0, 0.05) is 44.7 Å². The first-order valence-corrected chi connectivity index (χ1v) is 12.3. The van der Waals surface area contributed by atoms with Crippen LogP contribution in [0.2, 0.25) is 0 Å². The summed E-state index contributed by atoms with van der Waals surface area (Å²) in [5, 5.41) is 7.83. The molecule has 2 aliphatic rings. The van der Waals surface area contributed by atoms with Crippen LogP contribution in [0.4, 0.5) is 10.6 Å². The molecule has 2 aliphatic heterocycles. The molecule has 0 saturated carbocycles. The smallest absolute Gasteiger partial charge is 0.410 e. The maximum absolute atomic E-state index is 12.7. The molecule has 1 unspecified atom stereocenters. The SMILES string of the molecule is CC(C)c1cnc2c(NC3CCN(C(=O)OC4CCN(C(=O)C=CCN(C)C)C4)CC3)ncnn12. The summed E-state index contributed by atoms with van der Waals surface area (Å²) in [6, 6.07) is 0.186. The molecule has 1 atom stereocenters. The summed E-state index contributed by atoms with van der Waals surface area (Å²) < 4.78 is 7.55. The van der Waals surface area contributed by atoms with E-state index in [1.807, 2.05) is 35.8 Å². The van der Waals surface area contributed by atoms with E-state index in [-0.39, 0.29) is 24.1 Å². The summed E-state index contributed by atoms with van der Waals surface area (Å²) in [4.78, 5) is 39.4. The molecule has 0 spiro atoms. The molecule has 4 rings (SSSR count). The van der Waals surface area contributed by atoms with Gasteiger partial charge >= 0.3 is 6.09 Å². The average Bonchev–Trinajstić information content (AvgIpc) is 3.47. The number of nitrogens with one attached hydrogen (secondary N) is 1. The van der Waals surface area contributed by atoms with Gasteiger partial charge in [-0.3, -0.25) is 4.79 Å². The number of fused-ring (bicyclic) bond motifs is 1. The van der Waals surface area contributed by atoms with Crippen molar-refractivity contribution in [2.24, 2.45) is 0 Å². The van der Waals surface area contributed by atoms with E-state index in [0.717, 1.165) is 24.2 Å². The van der Waals surface area contributed by atoms with E-state index < -0.39 is 0 Å². The maximum atomic E-state index is 12.7. The number of carbonyl (C=O) groups excluding carboxylic acids is 2. The molecule has 1 N–H and O–H groups in total. The van der Waals surface area contributed by atoms with Crippen LogP contribution in [0.1, 0.15) is 44.7 Å². The van der Waals surface area contributed by atoms with Crippen molar-refractivity contribution in [1.29, 1.82) is 0 Å². The lowest BCUT2D eigenvalue weighted by molar-refractivity contribution is -0.125. The van der Waals surface area contributed by atoms with Crippen molar-refractivity contribution < 1.29 is 14.3 Å². The fraction of sp³-hybridized carbons (Fsp3) is 0.625. The van der Waals surface area contributed by atoms with Crippen LogP contribution in [-0.4, -0.2) is 105 Å². The molecule has 11 nitrogen and oxygen atoms in total. The van der Waals surface area contributed by atoms with Gasteiger partial charge in [0.1, 0.15) is 12.4 Å². The van der Waals surface area contributed by atoms with Crippen molar-refractivity contribution in [2.75, 3.05) is 52.1 Å². The zero-order valence-corrected chi connectivity index (χ0v) is 21.1. The molecule has 2 fully saturated rings. The number of aromatic nitrogens is 4. The van der Waals surface area contributed by atoms with Crippen molar-refractivity contribution in [2.45, 2.75) is 51.2 Å². The summed E-state index contributed by atoms with van der Waals surface area (Å²) in [7, 11) is 3.91. The molecule has 0 aliphatic carbocycles. The number of amides is 2. The van der Waals surface area contributed by atoms with Gasteiger partial charge in [-0.1, -0.05) is 19.9 Å². The van der Waals surface area contributed by atoms with E-state index in [4.69, 9.17) is 4.74 Å². The lowest BCUT2D eigenvalue weighted by atomic mass is 10.1. The summed E-state index contributed by atoms with van der Waals surface area (Å²) in [5.41, 5.74) is 1.76. The number of rotatable bonds is 7. The Hall–Kier alpha value is -3.21. The summed E-state index contributed by atoms with van der Waals surface area (Å²) in [5.74, 6) is 0.990. The van der Waals surface area contributed by atoms with Gasteiger partial charge in [0.2, 0.25) is 5.91 Å². The van der Waals surface area contributed by atoms with Crippen molar-refractivity contribution in [3.63, 3.8) is 0 Å². The number of ether oxygens (including phenoxy) is 1. The highest BCUT2D eigenvalue weighted by atomic mass is 16.6. The Morgan fingerprint density at radius 1 is 1.17 bits per heavy atom. The van der Waals surface area contributed by atoms with Crippen LogP contribution >= 0.6 is 0 Å². The highest BCUT2D eigenvalue weighted by molar-refractivity contribution is 5.87. The van der Waals surface area contributed by atoms with E-state index in [0.29, 0.717) is 50.9 Å². The van der Waals surface area contributed by atoms with E-state index in [2.05, 4.69) is 34.2 Å². The molecule has 4 heterocycles. The monoisotopic (exact) mass is 484 g/mol. The quantitative estimate of drug-likeness (QED) is 0.595. The Bertz CT molecular complexity index is 1060. The lowest BCUT2D eigenvalue weighted by Crippen LogP contribution is -2.44. The Labute approximate surface area is 206 Å². The van der Waals surface area contributed by atoms with Crippen LogP contribution in [0.25, 0.3) is 5.65 Å². The molecule has 0 radical (unpaired) electrons. The fourth-order valence-electron chi connectivity index (χ4n) is 4.44. The van der Waals surface area contributed by atoms with Gasteiger partial charge in [-0.05, 0) is 32.9 Å². The van der Waals surface area contributed by atoms with Crippen LogP contribution in [0.15, 0.2) is 24.7 Å². The lowest BCUT2D eigenvalue weighted by Gasteiger charge is -2.32. The second-order valence-corrected chi connectivity index (χ2v) is 9.83. The molecule has 11 heteroatoms. The van der Waals surface area contributed by atoms with Crippen LogP contribution in [0.3, 0.4) is 0 Å². The number of imidazole rings is 1. The minimum absolute atomic E-state index is 0.0332. The number of hydrogen-bond donors (Lipinski definition) is 1. The highest BCUT2D eigenvalue weighted by Crippen LogP contribution is 2.22. The van der Waals surface area contributed by atoms with Crippen molar-refractivity contribution in [3.8, 4) is 0 Å². The topological polar surface area (TPSA) is 108 Å². The third kappa shape index (κ3) is 6.08. The fourth-order valence-corrected chi connectivity index (χ4v) is 4.44. The predicted molar refractivity (Wildman–Crippen MR) is 132 cm³/mol. The van der Waals surface area contributed by atoms with Crippen LogP contribution < -0.4 is 5.32 Å². The van der Waals surface area contributed by atoms with E-state index >= 15 is 0 Å². The Morgan fingerprint density at radius 2 is 1.91 bits per heavy atom. The molecule has 2 aromatic heterocycles. The number of hydrogen-bond acceptors (Lipinski definition) is 8. The zero-order valence-electron chi connectivity index (χ0n) is 21.1.